The quantitative estimate of drug-likeness (QED) is 0.559. The molecule has 0 spiro atoms. The van der Waals surface area contributed by atoms with E-state index in [2.05, 4.69) is 33.2 Å². The van der Waals surface area contributed by atoms with Gasteiger partial charge in [0.25, 0.3) is 5.91 Å². The third kappa shape index (κ3) is 5.51. The van der Waals surface area contributed by atoms with Crippen LogP contribution < -0.4 is 10.6 Å². The molecule has 18 heavy (non-hydrogen) atoms. The Labute approximate surface area is 126 Å². The molecule has 100 valence electrons. The van der Waals surface area contributed by atoms with Crippen molar-refractivity contribution < 1.29 is 9.53 Å². The van der Waals surface area contributed by atoms with E-state index in [-0.39, 0.29) is 5.91 Å². The van der Waals surface area contributed by atoms with Gasteiger partial charge >= 0.3 is 0 Å². The van der Waals surface area contributed by atoms with Crippen molar-refractivity contribution in [1.29, 1.82) is 0 Å². The Bertz CT molecular complexity index is 402. The van der Waals surface area contributed by atoms with Crippen LogP contribution in [0.15, 0.2) is 18.2 Å². The normalized spacial score (nSPS) is 10.4. The molecule has 0 atom stereocenters. The van der Waals surface area contributed by atoms with E-state index < -0.39 is 0 Å². The van der Waals surface area contributed by atoms with Crippen molar-refractivity contribution in [3.05, 3.63) is 32.4 Å². The molecule has 0 bridgehead atoms. The summed E-state index contributed by atoms with van der Waals surface area (Å²) in [5.74, 6) is -0.148. The third-order valence-electron chi connectivity index (χ3n) is 2.25. The van der Waals surface area contributed by atoms with E-state index in [0.717, 1.165) is 10.1 Å². The summed E-state index contributed by atoms with van der Waals surface area (Å²) in [7, 11) is 1.65. The topological polar surface area (TPSA) is 50.4 Å². The minimum atomic E-state index is -0.148. The number of carbonyl (C=O) groups is 1. The SMILES string of the molecule is COCCNCCNC(=O)c1ccc(I)cc1Cl. The molecule has 0 saturated carbocycles. The maximum absolute atomic E-state index is 11.8. The number of methoxy groups -OCH3 is 1. The lowest BCUT2D eigenvalue weighted by molar-refractivity contribution is 0.0954. The molecule has 6 heteroatoms. The fourth-order valence-corrected chi connectivity index (χ4v) is 2.27. The van der Waals surface area contributed by atoms with Gasteiger partial charge in [-0.3, -0.25) is 4.79 Å². The number of rotatable bonds is 7. The Kier molecular flexibility index (Phi) is 7.57. The molecule has 1 aromatic rings. The van der Waals surface area contributed by atoms with E-state index >= 15 is 0 Å². The number of nitrogens with one attached hydrogen (secondary N) is 2. The highest BCUT2D eigenvalue weighted by Crippen LogP contribution is 2.18. The van der Waals surface area contributed by atoms with Crippen molar-refractivity contribution in [1.82, 2.24) is 10.6 Å². The summed E-state index contributed by atoms with van der Waals surface area (Å²) in [6.45, 7) is 2.70. The van der Waals surface area contributed by atoms with Gasteiger partial charge in [-0.15, -0.1) is 0 Å². The lowest BCUT2D eigenvalue weighted by atomic mass is 10.2. The minimum Gasteiger partial charge on any atom is -0.383 e. The Morgan fingerprint density at radius 1 is 1.39 bits per heavy atom. The Morgan fingerprint density at radius 2 is 2.17 bits per heavy atom. The molecular formula is C12H16ClIN2O2. The number of ether oxygens (including phenoxy) is 1. The van der Waals surface area contributed by atoms with Crippen LogP contribution in [0, 0.1) is 3.57 Å². The molecule has 0 saturated heterocycles. The zero-order chi connectivity index (χ0) is 13.4. The first kappa shape index (κ1) is 15.7. The Balaban J connectivity index is 2.32. The van der Waals surface area contributed by atoms with Crippen LogP contribution in [-0.2, 0) is 4.74 Å². The average molecular weight is 383 g/mol. The van der Waals surface area contributed by atoms with Gasteiger partial charge in [0, 0.05) is 30.3 Å². The molecular weight excluding hydrogens is 367 g/mol. The van der Waals surface area contributed by atoms with Crippen molar-refractivity contribution in [2.24, 2.45) is 0 Å². The first-order valence-electron chi connectivity index (χ1n) is 5.58. The number of amides is 1. The van der Waals surface area contributed by atoms with Crippen molar-refractivity contribution in [2.75, 3.05) is 33.4 Å². The number of halogens is 2. The first-order chi connectivity index (χ1) is 8.65. The predicted molar refractivity (Wildman–Crippen MR) is 81.2 cm³/mol. The van der Waals surface area contributed by atoms with Crippen LogP contribution in [-0.4, -0.2) is 39.3 Å². The van der Waals surface area contributed by atoms with Crippen LogP contribution in [0.1, 0.15) is 10.4 Å². The van der Waals surface area contributed by atoms with Crippen LogP contribution in [0.5, 0.6) is 0 Å². The molecule has 0 aliphatic heterocycles. The van der Waals surface area contributed by atoms with Crippen LogP contribution in [0.3, 0.4) is 0 Å². The van der Waals surface area contributed by atoms with E-state index in [9.17, 15) is 4.79 Å². The van der Waals surface area contributed by atoms with E-state index in [0.29, 0.717) is 30.3 Å². The fraction of sp³-hybridized carbons (Fsp3) is 0.417. The second kappa shape index (κ2) is 8.68. The van der Waals surface area contributed by atoms with Crippen LogP contribution in [0.2, 0.25) is 5.02 Å². The largest absolute Gasteiger partial charge is 0.383 e. The molecule has 2 N–H and O–H groups in total. The molecule has 1 rings (SSSR count). The maximum Gasteiger partial charge on any atom is 0.252 e. The molecule has 0 unspecified atom stereocenters. The van der Waals surface area contributed by atoms with Crippen molar-refractivity contribution in [3.8, 4) is 0 Å². The summed E-state index contributed by atoms with van der Waals surface area (Å²) in [4.78, 5) is 11.8. The fourth-order valence-electron chi connectivity index (χ4n) is 1.33. The van der Waals surface area contributed by atoms with Crippen molar-refractivity contribution in [3.63, 3.8) is 0 Å². The second-order valence-electron chi connectivity index (χ2n) is 3.62. The Morgan fingerprint density at radius 3 is 2.83 bits per heavy atom. The Hall–Kier alpha value is -0.370. The van der Waals surface area contributed by atoms with Crippen LogP contribution in [0.25, 0.3) is 0 Å². The number of carbonyl (C=O) groups excluding carboxylic acids is 1. The molecule has 0 aromatic heterocycles. The van der Waals surface area contributed by atoms with Crippen LogP contribution in [0.4, 0.5) is 0 Å². The summed E-state index contributed by atoms with van der Waals surface area (Å²) in [5.41, 5.74) is 0.508. The average Bonchev–Trinajstić information content (AvgIpc) is 2.33. The summed E-state index contributed by atoms with van der Waals surface area (Å²) in [6.07, 6.45) is 0. The van der Waals surface area contributed by atoms with Gasteiger partial charge in [0.2, 0.25) is 0 Å². The molecule has 4 nitrogen and oxygen atoms in total. The highest BCUT2D eigenvalue weighted by Gasteiger charge is 2.09. The molecule has 0 aliphatic rings. The van der Waals surface area contributed by atoms with E-state index in [1.54, 1.807) is 19.2 Å². The minimum absolute atomic E-state index is 0.148. The number of hydrogen-bond donors (Lipinski definition) is 2. The molecule has 1 amide bonds. The molecule has 0 aliphatic carbocycles. The molecule has 0 heterocycles. The van der Waals surface area contributed by atoms with E-state index in [4.69, 9.17) is 16.3 Å². The molecule has 0 radical (unpaired) electrons. The summed E-state index contributed by atoms with van der Waals surface area (Å²) in [5, 5.41) is 6.43. The highest BCUT2D eigenvalue weighted by molar-refractivity contribution is 14.1. The highest BCUT2D eigenvalue weighted by atomic mass is 127. The first-order valence-corrected chi connectivity index (χ1v) is 7.03. The van der Waals surface area contributed by atoms with E-state index in [1.807, 2.05) is 6.07 Å². The van der Waals surface area contributed by atoms with Crippen molar-refractivity contribution >= 4 is 40.1 Å². The molecule has 1 aromatic carbocycles. The predicted octanol–water partition coefficient (Wildman–Crippen LogP) is 1.91. The lowest BCUT2D eigenvalue weighted by Crippen LogP contribution is -2.33. The zero-order valence-corrected chi connectivity index (χ0v) is 13.0. The zero-order valence-electron chi connectivity index (χ0n) is 10.1. The number of benzene rings is 1. The summed E-state index contributed by atoms with van der Waals surface area (Å²) >= 11 is 8.16. The third-order valence-corrected chi connectivity index (χ3v) is 3.23. The maximum atomic E-state index is 11.8. The monoisotopic (exact) mass is 382 g/mol. The summed E-state index contributed by atoms with van der Waals surface area (Å²) in [6, 6.07) is 5.36. The van der Waals surface area contributed by atoms with Crippen molar-refractivity contribution in [2.45, 2.75) is 0 Å². The smallest absolute Gasteiger partial charge is 0.252 e. The van der Waals surface area contributed by atoms with Gasteiger partial charge in [-0.1, -0.05) is 11.6 Å². The standard InChI is InChI=1S/C12H16ClIN2O2/c1-18-7-6-15-4-5-16-12(17)10-3-2-9(14)8-11(10)13/h2-3,8,15H,4-7H2,1H3,(H,16,17). The van der Waals surface area contributed by atoms with Gasteiger partial charge in [0.1, 0.15) is 0 Å². The van der Waals surface area contributed by atoms with Gasteiger partial charge in [-0.05, 0) is 40.8 Å². The van der Waals surface area contributed by atoms with Gasteiger partial charge in [-0.2, -0.15) is 0 Å². The molecule has 0 fully saturated rings. The summed E-state index contributed by atoms with van der Waals surface area (Å²) < 4.78 is 5.91. The lowest BCUT2D eigenvalue weighted by Gasteiger charge is -2.08. The van der Waals surface area contributed by atoms with Gasteiger partial charge in [0.05, 0.1) is 17.2 Å². The number of hydrogen-bond acceptors (Lipinski definition) is 3. The van der Waals surface area contributed by atoms with Gasteiger partial charge < -0.3 is 15.4 Å². The van der Waals surface area contributed by atoms with Gasteiger partial charge in [0.15, 0.2) is 0 Å². The van der Waals surface area contributed by atoms with Gasteiger partial charge in [-0.25, -0.2) is 0 Å². The second-order valence-corrected chi connectivity index (χ2v) is 5.28. The van der Waals surface area contributed by atoms with E-state index in [1.165, 1.54) is 0 Å². The van der Waals surface area contributed by atoms with Crippen LogP contribution >= 0.6 is 34.2 Å².